The van der Waals surface area contributed by atoms with Crippen LogP contribution in [0.1, 0.15) is 20.3 Å². The summed E-state index contributed by atoms with van der Waals surface area (Å²) < 4.78 is 30.0. The van der Waals surface area contributed by atoms with Crippen LogP contribution < -0.4 is 4.72 Å². The Hall–Kier alpha value is -1.10. The van der Waals surface area contributed by atoms with E-state index in [-0.39, 0.29) is 24.9 Å². The molecule has 7 heteroatoms. The monoisotopic (exact) mass is 263 g/mol. The number of aliphatic carboxylic acids is 1. The van der Waals surface area contributed by atoms with Gasteiger partial charge in [0.25, 0.3) is 0 Å². The molecule has 0 amide bonds. The number of nitrogens with one attached hydrogen (secondary N) is 1. The number of hydrogen-bond donors (Lipinski definition) is 2. The number of carboxylic acids is 1. The highest BCUT2D eigenvalue weighted by Gasteiger charge is 2.22. The fourth-order valence-electron chi connectivity index (χ4n) is 0.966. The van der Waals surface area contributed by atoms with Gasteiger partial charge in [-0.3, -0.25) is 4.79 Å². The average molecular weight is 263 g/mol. The molecule has 17 heavy (non-hydrogen) atoms. The maximum Gasteiger partial charge on any atom is 0.322 e. The van der Waals surface area contributed by atoms with E-state index in [1.165, 1.54) is 0 Å². The van der Waals surface area contributed by atoms with Gasteiger partial charge in [-0.05, 0) is 13.8 Å². The van der Waals surface area contributed by atoms with Crippen LogP contribution in [-0.4, -0.2) is 44.0 Å². The van der Waals surface area contributed by atoms with Crippen molar-refractivity contribution in [3.63, 3.8) is 0 Å². The zero-order chi connectivity index (χ0) is 13.5. The van der Waals surface area contributed by atoms with E-state index in [0.29, 0.717) is 0 Å². The highest BCUT2D eigenvalue weighted by atomic mass is 32.2. The molecule has 6 nitrogen and oxygen atoms in total. The average Bonchev–Trinajstić information content (AvgIpc) is 2.15. The first kappa shape index (κ1) is 15.9. The molecule has 0 spiro atoms. The van der Waals surface area contributed by atoms with Gasteiger partial charge in [-0.25, -0.2) is 8.42 Å². The molecule has 0 heterocycles. The van der Waals surface area contributed by atoms with Crippen molar-refractivity contribution in [3.05, 3.63) is 0 Å². The van der Waals surface area contributed by atoms with Crippen molar-refractivity contribution in [2.24, 2.45) is 0 Å². The summed E-state index contributed by atoms with van der Waals surface area (Å²) in [7, 11) is -3.70. The Balaban J connectivity index is 4.32. The fraction of sp³-hybridized carbons (Fsp3) is 0.700. The highest BCUT2D eigenvalue weighted by Crippen LogP contribution is 1.97. The van der Waals surface area contributed by atoms with E-state index in [0.717, 1.165) is 0 Å². The standard InChI is InChI=1S/C10H17NO5S/c1-4-5-9(10(12)13)11-17(14,15)7-6-16-8(2)3/h1,8-9,11H,5-7H2,2-3H3,(H,12,13). The summed E-state index contributed by atoms with van der Waals surface area (Å²) in [5.74, 6) is 0.520. The van der Waals surface area contributed by atoms with E-state index in [2.05, 4.69) is 5.92 Å². The molecule has 2 N–H and O–H groups in total. The minimum atomic E-state index is -3.70. The number of rotatable bonds is 8. The Labute approximate surface area is 101 Å². The van der Waals surface area contributed by atoms with Gasteiger partial charge in [0.05, 0.1) is 18.5 Å². The minimum Gasteiger partial charge on any atom is -0.480 e. The van der Waals surface area contributed by atoms with E-state index >= 15 is 0 Å². The second-order valence-corrected chi connectivity index (χ2v) is 5.53. The fourth-order valence-corrected chi connectivity index (χ4v) is 2.02. The molecule has 0 fully saturated rings. The molecular formula is C10H17NO5S. The molecule has 1 unspecified atom stereocenters. The second-order valence-electron chi connectivity index (χ2n) is 3.66. The van der Waals surface area contributed by atoms with Crippen LogP contribution in [-0.2, 0) is 19.6 Å². The number of ether oxygens (including phenoxy) is 1. The summed E-state index contributed by atoms with van der Waals surface area (Å²) in [5, 5.41) is 8.73. The lowest BCUT2D eigenvalue weighted by Crippen LogP contribution is -2.42. The third-order valence-corrected chi connectivity index (χ3v) is 3.09. The maximum atomic E-state index is 11.5. The summed E-state index contributed by atoms with van der Waals surface area (Å²) in [6.45, 7) is 3.56. The molecular weight excluding hydrogens is 246 g/mol. The molecule has 0 saturated carbocycles. The van der Waals surface area contributed by atoms with Gasteiger partial charge in [0, 0.05) is 6.42 Å². The number of carbonyl (C=O) groups is 1. The molecule has 0 aromatic rings. The Kier molecular flexibility index (Phi) is 6.80. The lowest BCUT2D eigenvalue weighted by molar-refractivity contribution is -0.138. The van der Waals surface area contributed by atoms with Crippen molar-refractivity contribution in [3.8, 4) is 12.3 Å². The summed E-state index contributed by atoms with van der Waals surface area (Å²) in [6, 6.07) is -1.29. The van der Waals surface area contributed by atoms with Gasteiger partial charge in [0.1, 0.15) is 6.04 Å². The lowest BCUT2D eigenvalue weighted by Gasteiger charge is -2.13. The van der Waals surface area contributed by atoms with Gasteiger partial charge in [-0.2, -0.15) is 4.72 Å². The predicted octanol–water partition coefficient (Wildman–Crippen LogP) is -0.193. The van der Waals surface area contributed by atoms with E-state index in [1.807, 2.05) is 4.72 Å². The molecule has 0 aromatic carbocycles. The summed E-state index contributed by atoms with van der Waals surface area (Å²) in [6.07, 6.45) is 4.68. The molecule has 0 saturated heterocycles. The van der Waals surface area contributed by atoms with E-state index in [1.54, 1.807) is 13.8 Å². The normalized spacial score (nSPS) is 13.3. The second kappa shape index (κ2) is 7.27. The topological polar surface area (TPSA) is 92.7 Å². The Morgan fingerprint density at radius 1 is 1.53 bits per heavy atom. The van der Waals surface area contributed by atoms with E-state index < -0.39 is 22.0 Å². The van der Waals surface area contributed by atoms with Crippen LogP contribution in [0.25, 0.3) is 0 Å². The van der Waals surface area contributed by atoms with Crippen LogP contribution in [0.5, 0.6) is 0 Å². The zero-order valence-electron chi connectivity index (χ0n) is 9.84. The van der Waals surface area contributed by atoms with Crippen molar-refractivity contribution in [2.75, 3.05) is 12.4 Å². The first-order valence-electron chi connectivity index (χ1n) is 5.06. The molecule has 0 aliphatic rings. The van der Waals surface area contributed by atoms with Crippen molar-refractivity contribution in [1.29, 1.82) is 0 Å². The van der Waals surface area contributed by atoms with Gasteiger partial charge in [0.15, 0.2) is 0 Å². The van der Waals surface area contributed by atoms with Gasteiger partial charge < -0.3 is 9.84 Å². The SMILES string of the molecule is C#CCC(NS(=O)(=O)CCOC(C)C)C(=O)O. The van der Waals surface area contributed by atoms with Crippen LogP contribution >= 0.6 is 0 Å². The third kappa shape index (κ3) is 7.74. The van der Waals surface area contributed by atoms with Crippen LogP contribution in [0.15, 0.2) is 0 Å². The molecule has 0 radical (unpaired) electrons. The van der Waals surface area contributed by atoms with Gasteiger partial charge in [-0.1, -0.05) is 0 Å². The third-order valence-electron chi connectivity index (χ3n) is 1.75. The number of hydrogen-bond acceptors (Lipinski definition) is 4. The van der Waals surface area contributed by atoms with E-state index in [4.69, 9.17) is 16.3 Å². The Morgan fingerprint density at radius 3 is 2.53 bits per heavy atom. The molecule has 0 rings (SSSR count). The van der Waals surface area contributed by atoms with Gasteiger partial charge in [-0.15, -0.1) is 12.3 Å². The van der Waals surface area contributed by atoms with Crippen LogP contribution in [0, 0.1) is 12.3 Å². The van der Waals surface area contributed by atoms with Crippen molar-refractivity contribution >= 4 is 16.0 Å². The zero-order valence-corrected chi connectivity index (χ0v) is 10.7. The van der Waals surface area contributed by atoms with Crippen molar-refractivity contribution in [1.82, 2.24) is 4.72 Å². The summed E-state index contributed by atoms with van der Waals surface area (Å²) in [4.78, 5) is 10.7. The number of terminal acetylenes is 1. The highest BCUT2D eigenvalue weighted by molar-refractivity contribution is 7.89. The number of carboxylic acid groups (broad SMARTS) is 1. The molecule has 0 aliphatic heterocycles. The van der Waals surface area contributed by atoms with Crippen molar-refractivity contribution in [2.45, 2.75) is 32.4 Å². The smallest absolute Gasteiger partial charge is 0.322 e. The quantitative estimate of drug-likeness (QED) is 0.592. The van der Waals surface area contributed by atoms with Gasteiger partial charge in [0.2, 0.25) is 10.0 Å². The maximum absolute atomic E-state index is 11.5. The Morgan fingerprint density at radius 2 is 2.12 bits per heavy atom. The van der Waals surface area contributed by atoms with E-state index in [9.17, 15) is 13.2 Å². The molecule has 0 aromatic heterocycles. The predicted molar refractivity (Wildman–Crippen MR) is 62.9 cm³/mol. The van der Waals surface area contributed by atoms with Crippen LogP contribution in [0.4, 0.5) is 0 Å². The minimum absolute atomic E-state index is 0.00932. The van der Waals surface area contributed by atoms with Crippen molar-refractivity contribution < 1.29 is 23.1 Å². The summed E-state index contributed by atoms with van der Waals surface area (Å²) >= 11 is 0. The van der Waals surface area contributed by atoms with Crippen LogP contribution in [0.3, 0.4) is 0 Å². The molecule has 98 valence electrons. The first-order valence-corrected chi connectivity index (χ1v) is 6.71. The van der Waals surface area contributed by atoms with Gasteiger partial charge >= 0.3 is 5.97 Å². The Bertz CT molecular complexity index is 382. The largest absolute Gasteiger partial charge is 0.480 e. The lowest BCUT2D eigenvalue weighted by atomic mass is 10.2. The van der Waals surface area contributed by atoms with Crippen LogP contribution in [0.2, 0.25) is 0 Å². The molecule has 0 bridgehead atoms. The molecule has 1 atom stereocenters. The first-order chi connectivity index (χ1) is 7.78. The number of sulfonamides is 1. The molecule has 0 aliphatic carbocycles. The summed E-state index contributed by atoms with van der Waals surface area (Å²) in [5.41, 5.74) is 0.